The summed E-state index contributed by atoms with van der Waals surface area (Å²) in [5, 5.41) is 14.1. The minimum absolute atomic E-state index is 0.0426. The quantitative estimate of drug-likeness (QED) is 0.404. The number of hydrogen-bond donors (Lipinski definition) is 1. The van der Waals surface area contributed by atoms with E-state index in [0.29, 0.717) is 15.6 Å². The summed E-state index contributed by atoms with van der Waals surface area (Å²) in [7, 11) is 0. The Bertz CT molecular complexity index is 1180. The van der Waals surface area contributed by atoms with Crippen molar-refractivity contribution in [2.45, 2.75) is 38.6 Å². The minimum atomic E-state index is -0.425. The van der Waals surface area contributed by atoms with E-state index in [1.165, 1.54) is 29.2 Å². The number of halogens is 1. The number of aromatic nitrogens is 1. The molecule has 2 aromatic carbocycles. The standard InChI is InChI=1S/C25H25FN4OS2/c1-2-17-9-7-8-14-30(17)23(31)16-32-24(28-20-11-4-3-10-19(20)26)18(15-27)25-29-21-12-5-6-13-22(21)33-25/h3-6,10-13,17,28H,2,7-9,14,16H2,1H3. The maximum absolute atomic E-state index is 14.4. The molecule has 1 fully saturated rings. The number of benzene rings is 2. The largest absolute Gasteiger partial charge is 0.347 e. The highest BCUT2D eigenvalue weighted by atomic mass is 32.2. The first-order valence-electron chi connectivity index (χ1n) is 11.0. The van der Waals surface area contributed by atoms with Gasteiger partial charge in [-0.1, -0.05) is 43.0 Å². The van der Waals surface area contributed by atoms with Crippen molar-refractivity contribution < 1.29 is 9.18 Å². The summed E-state index contributed by atoms with van der Waals surface area (Å²) < 4.78 is 15.4. The average Bonchev–Trinajstić information content (AvgIpc) is 3.27. The summed E-state index contributed by atoms with van der Waals surface area (Å²) in [4.78, 5) is 19.6. The van der Waals surface area contributed by atoms with E-state index in [9.17, 15) is 14.4 Å². The number of carbonyl (C=O) groups excluding carboxylic acids is 1. The van der Waals surface area contributed by atoms with Crippen LogP contribution in [0.4, 0.5) is 10.1 Å². The molecule has 0 radical (unpaired) electrons. The Kier molecular flexibility index (Phi) is 7.63. The van der Waals surface area contributed by atoms with Crippen molar-refractivity contribution in [2.75, 3.05) is 17.6 Å². The number of nitrogens with zero attached hydrogens (tertiary/aromatic N) is 3. The molecule has 1 aromatic heterocycles. The van der Waals surface area contributed by atoms with Crippen molar-refractivity contribution in [1.29, 1.82) is 5.26 Å². The number of hydrogen-bond acceptors (Lipinski definition) is 6. The van der Waals surface area contributed by atoms with E-state index in [-0.39, 0.29) is 23.4 Å². The molecule has 1 atom stereocenters. The zero-order chi connectivity index (χ0) is 23.2. The molecule has 170 valence electrons. The summed E-state index contributed by atoms with van der Waals surface area (Å²) in [6.45, 7) is 2.87. The van der Waals surface area contributed by atoms with Gasteiger partial charge in [-0.25, -0.2) is 9.37 Å². The molecule has 0 saturated carbocycles. The van der Waals surface area contributed by atoms with Crippen LogP contribution in [0.3, 0.4) is 0 Å². The fourth-order valence-electron chi connectivity index (χ4n) is 4.00. The van der Waals surface area contributed by atoms with E-state index in [4.69, 9.17) is 0 Å². The van der Waals surface area contributed by atoms with E-state index in [2.05, 4.69) is 23.3 Å². The Morgan fingerprint density at radius 3 is 2.82 bits per heavy atom. The highest BCUT2D eigenvalue weighted by Gasteiger charge is 2.26. The summed E-state index contributed by atoms with van der Waals surface area (Å²) in [6, 6.07) is 16.5. The van der Waals surface area contributed by atoms with Gasteiger partial charge in [0.05, 0.1) is 26.7 Å². The summed E-state index contributed by atoms with van der Waals surface area (Å²) in [6.07, 6.45) is 4.11. The van der Waals surface area contributed by atoms with Gasteiger partial charge >= 0.3 is 0 Å². The molecule has 5 nitrogen and oxygen atoms in total. The molecule has 1 N–H and O–H groups in total. The van der Waals surface area contributed by atoms with Gasteiger partial charge in [0.25, 0.3) is 0 Å². The number of nitrogens with one attached hydrogen (secondary N) is 1. The van der Waals surface area contributed by atoms with Crippen LogP contribution in [0.25, 0.3) is 15.8 Å². The Labute approximate surface area is 201 Å². The third kappa shape index (κ3) is 5.37. The predicted octanol–water partition coefficient (Wildman–Crippen LogP) is 6.26. The highest BCUT2D eigenvalue weighted by molar-refractivity contribution is 8.04. The van der Waals surface area contributed by atoms with Gasteiger partial charge in [-0.2, -0.15) is 5.26 Å². The summed E-state index contributed by atoms with van der Waals surface area (Å²) in [5.41, 5.74) is 1.37. The smallest absolute Gasteiger partial charge is 0.233 e. The van der Waals surface area contributed by atoms with E-state index < -0.39 is 5.82 Å². The molecule has 1 aliphatic rings. The first kappa shape index (κ1) is 23.3. The van der Waals surface area contributed by atoms with E-state index in [1.54, 1.807) is 18.2 Å². The van der Waals surface area contributed by atoms with Gasteiger partial charge in [-0.3, -0.25) is 4.79 Å². The number of carbonyl (C=O) groups is 1. The Balaban J connectivity index is 1.65. The number of anilines is 1. The second kappa shape index (κ2) is 10.8. The third-order valence-electron chi connectivity index (χ3n) is 5.73. The molecule has 2 heterocycles. The molecule has 8 heteroatoms. The SMILES string of the molecule is CCC1CCCCN1C(=O)CSC(Nc1ccccc1F)=C(C#N)c1nc2ccccc2s1. The van der Waals surface area contributed by atoms with E-state index in [0.717, 1.165) is 42.4 Å². The van der Waals surface area contributed by atoms with Gasteiger partial charge < -0.3 is 10.2 Å². The number of allylic oxidation sites excluding steroid dienone is 1. The number of amides is 1. The second-order valence-corrected chi connectivity index (χ2v) is 9.86. The number of piperidine rings is 1. The number of fused-ring (bicyclic) bond motifs is 1. The highest BCUT2D eigenvalue weighted by Crippen LogP contribution is 2.34. The molecule has 33 heavy (non-hydrogen) atoms. The Morgan fingerprint density at radius 2 is 2.06 bits per heavy atom. The molecule has 0 spiro atoms. The van der Waals surface area contributed by atoms with Crippen molar-refractivity contribution in [3.63, 3.8) is 0 Å². The molecule has 1 amide bonds. The van der Waals surface area contributed by atoms with Gasteiger partial charge in [-0.05, 0) is 49.9 Å². The maximum atomic E-state index is 14.4. The Hall–Kier alpha value is -2.89. The summed E-state index contributed by atoms with van der Waals surface area (Å²) >= 11 is 2.64. The zero-order valence-corrected chi connectivity index (χ0v) is 20.0. The topological polar surface area (TPSA) is 69.0 Å². The van der Waals surface area contributed by atoms with Crippen molar-refractivity contribution in [1.82, 2.24) is 9.88 Å². The van der Waals surface area contributed by atoms with Crippen LogP contribution in [0, 0.1) is 17.1 Å². The zero-order valence-electron chi connectivity index (χ0n) is 18.4. The lowest BCUT2D eigenvalue weighted by molar-refractivity contribution is -0.132. The first-order valence-corrected chi connectivity index (χ1v) is 12.8. The number of likely N-dealkylation sites (tertiary alicyclic amines) is 1. The fourth-order valence-corrected chi connectivity index (χ4v) is 5.93. The fraction of sp³-hybridized carbons (Fsp3) is 0.320. The maximum Gasteiger partial charge on any atom is 0.233 e. The molecule has 1 unspecified atom stereocenters. The van der Waals surface area contributed by atoms with Crippen molar-refractivity contribution in [2.24, 2.45) is 0 Å². The first-order chi connectivity index (χ1) is 16.1. The van der Waals surface area contributed by atoms with Crippen LogP contribution < -0.4 is 5.32 Å². The van der Waals surface area contributed by atoms with Crippen molar-refractivity contribution >= 4 is 50.5 Å². The van der Waals surface area contributed by atoms with E-state index in [1.807, 2.05) is 29.2 Å². The average molecular weight is 481 g/mol. The van der Waals surface area contributed by atoms with Gasteiger partial charge in [0.2, 0.25) is 5.91 Å². The molecule has 4 rings (SSSR count). The van der Waals surface area contributed by atoms with Crippen molar-refractivity contribution in [3.8, 4) is 6.07 Å². The molecule has 3 aromatic rings. The van der Waals surface area contributed by atoms with Crippen LogP contribution >= 0.6 is 23.1 Å². The Morgan fingerprint density at radius 1 is 1.27 bits per heavy atom. The lowest BCUT2D eigenvalue weighted by Gasteiger charge is -2.35. The molecule has 1 saturated heterocycles. The molecule has 0 aliphatic carbocycles. The number of para-hydroxylation sites is 2. The number of thiazole rings is 1. The van der Waals surface area contributed by atoms with E-state index >= 15 is 0 Å². The number of thioether (sulfide) groups is 1. The van der Waals surface area contributed by atoms with Gasteiger partial charge in [0.1, 0.15) is 22.5 Å². The lowest BCUT2D eigenvalue weighted by atomic mass is 10.0. The van der Waals surface area contributed by atoms with Crippen LogP contribution in [0.5, 0.6) is 0 Å². The van der Waals surface area contributed by atoms with Crippen LogP contribution in [0.1, 0.15) is 37.6 Å². The van der Waals surface area contributed by atoms with Gasteiger partial charge in [0.15, 0.2) is 0 Å². The predicted molar refractivity (Wildman–Crippen MR) is 134 cm³/mol. The normalized spacial score (nSPS) is 16.9. The van der Waals surface area contributed by atoms with Gasteiger partial charge in [0, 0.05) is 12.6 Å². The lowest BCUT2D eigenvalue weighted by Crippen LogP contribution is -2.44. The monoisotopic (exact) mass is 480 g/mol. The number of nitriles is 1. The second-order valence-electron chi connectivity index (χ2n) is 7.84. The van der Waals surface area contributed by atoms with Crippen LogP contribution in [-0.2, 0) is 4.79 Å². The summed E-state index contributed by atoms with van der Waals surface area (Å²) in [5.74, 6) is -0.213. The number of rotatable bonds is 7. The molecular formula is C25H25FN4OS2. The third-order valence-corrected chi connectivity index (χ3v) is 7.77. The van der Waals surface area contributed by atoms with Crippen LogP contribution in [0.15, 0.2) is 53.6 Å². The molecule has 0 bridgehead atoms. The van der Waals surface area contributed by atoms with Crippen LogP contribution in [0.2, 0.25) is 0 Å². The van der Waals surface area contributed by atoms with Crippen LogP contribution in [-0.4, -0.2) is 34.1 Å². The minimum Gasteiger partial charge on any atom is -0.347 e. The van der Waals surface area contributed by atoms with Crippen molar-refractivity contribution in [3.05, 3.63) is 64.4 Å². The molecule has 1 aliphatic heterocycles. The van der Waals surface area contributed by atoms with Gasteiger partial charge in [-0.15, -0.1) is 11.3 Å². The molecular weight excluding hydrogens is 455 g/mol.